The van der Waals surface area contributed by atoms with Crippen LogP contribution in [0.4, 0.5) is 11.4 Å². The number of thioether (sulfide) groups is 1. The lowest BCUT2D eigenvalue weighted by atomic mass is 9.88. The van der Waals surface area contributed by atoms with Gasteiger partial charge in [-0.25, -0.2) is 0 Å². The molecule has 0 saturated heterocycles. The minimum atomic E-state index is -2.01. The normalized spacial score (nSPS) is 22.2. The van der Waals surface area contributed by atoms with E-state index in [-0.39, 0.29) is 11.6 Å². The zero-order chi connectivity index (χ0) is 28.7. The maximum atomic E-state index is 12.7. The van der Waals surface area contributed by atoms with Gasteiger partial charge in [-0.2, -0.15) is 0 Å². The van der Waals surface area contributed by atoms with E-state index in [1.54, 1.807) is 6.07 Å². The standard InChI is InChI=1S/C29H43N3O6S/c1-5-7-13-29(6-2)17-39-23-12-11-20(32(3)4)15-21(23)24(31-29)18-9-8-10-19(14-18)30-28(38)27(37)26(36)25(35)22(34)16-33/h8-12,14-15,22,24-27,31,33-37H,5-7,13,16-17H2,1-4H3,(H,30,38)/t22?,24?,25-,26+,27-,29+/m1/s1. The molecule has 2 unspecified atom stereocenters. The molecule has 0 aromatic heterocycles. The van der Waals surface area contributed by atoms with Crippen molar-refractivity contribution < 1.29 is 30.3 Å². The van der Waals surface area contributed by atoms with Crippen LogP contribution in [-0.2, 0) is 4.79 Å². The number of nitrogens with zero attached hydrogens (tertiary/aromatic N) is 1. The Morgan fingerprint density at radius 3 is 2.51 bits per heavy atom. The van der Waals surface area contributed by atoms with E-state index in [2.05, 4.69) is 47.6 Å². The quantitative estimate of drug-likeness (QED) is 0.207. The Labute approximate surface area is 235 Å². The van der Waals surface area contributed by atoms with Crippen LogP contribution in [0.1, 0.15) is 56.7 Å². The van der Waals surface area contributed by atoms with E-state index in [4.69, 9.17) is 5.11 Å². The Balaban J connectivity index is 1.95. The third-order valence-corrected chi connectivity index (χ3v) is 8.85. The van der Waals surface area contributed by atoms with E-state index in [0.29, 0.717) is 5.69 Å². The lowest BCUT2D eigenvalue weighted by Gasteiger charge is -2.36. The topological polar surface area (TPSA) is 146 Å². The summed E-state index contributed by atoms with van der Waals surface area (Å²) >= 11 is 1.87. The zero-order valence-electron chi connectivity index (χ0n) is 23.2. The third kappa shape index (κ3) is 7.52. The van der Waals surface area contributed by atoms with Gasteiger partial charge in [0.05, 0.1) is 12.6 Å². The number of carbonyl (C=O) groups is 1. The molecule has 1 aliphatic heterocycles. The van der Waals surface area contributed by atoms with Crippen LogP contribution in [0.15, 0.2) is 47.4 Å². The molecule has 39 heavy (non-hydrogen) atoms. The molecule has 3 rings (SSSR count). The largest absolute Gasteiger partial charge is 0.394 e. The maximum absolute atomic E-state index is 12.7. The van der Waals surface area contributed by atoms with E-state index in [1.165, 1.54) is 4.90 Å². The minimum Gasteiger partial charge on any atom is -0.394 e. The van der Waals surface area contributed by atoms with Crippen LogP contribution in [0, 0.1) is 0 Å². The van der Waals surface area contributed by atoms with Gasteiger partial charge in [0.2, 0.25) is 0 Å². The first-order chi connectivity index (χ1) is 18.6. The molecule has 2 aromatic carbocycles. The summed E-state index contributed by atoms with van der Waals surface area (Å²) in [6.45, 7) is 3.59. The van der Waals surface area contributed by atoms with E-state index >= 15 is 0 Å². The molecular weight excluding hydrogens is 518 g/mol. The summed E-state index contributed by atoms with van der Waals surface area (Å²) in [5.74, 6) is 0.00553. The summed E-state index contributed by atoms with van der Waals surface area (Å²) in [5.41, 5.74) is 3.52. The smallest absolute Gasteiger partial charge is 0.256 e. The Bertz CT molecular complexity index is 1100. The lowest BCUT2D eigenvalue weighted by Crippen LogP contribution is -2.50. The molecule has 0 bridgehead atoms. The van der Waals surface area contributed by atoms with E-state index in [1.807, 2.05) is 44.1 Å². The first kappa shape index (κ1) is 31.3. The SMILES string of the molecule is CCCC[C@@]1(CC)CSc2ccc(N(C)C)cc2C(c2cccc(NC(=O)[C@H](O)[C@@H](O)[C@H](O)C(O)CO)c2)N1. The van der Waals surface area contributed by atoms with Gasteiger partial charge < -0.3 is 35.7 Å². The first-order valence-corrected chi connectivity index (χ1v) is 14.5. The molecule has 6 atom stereocenters. The highest BCUT2D eigenvalue weighted by molar-refractivity contribution is 7.99. The molecule has 1 heterocycles. The summed E-state index contributed by atoms with van der Waals surface area (Å²) in [7, 11) is 4.02. The van der Waals surface area contributed by atoms with Crippen molar-refractivity contribution in [2.45, 2.75) is 80.4 Å². The van der Waals surface area contributed by atoms with Crippen molar-refractivity contribution in [2.75, 3.05) is 36.7 Å². The van der Waals surface area contributed by atoms with Gasteiger partial charge in [-0.1, -0.05) is 38.8 Å². The average Bonchev–Trinajstić information content (AvgIpc) is 3.11. The van der Waals surface area contributed by atoms with Gasteiger partial charge in [0.1, 0.15) is 18.3 Å². The molecule has 9 nitrogen and oxygen atoms in total. The van der Waals surface area contributed by atoms with Crippen LogP contribution in [0.3, 0.4) is 0 Å². The molecule has 0 fully saturated rings. The fourth-order valence-electron chi connectivity index (χ4n) is 4.81. The predicted octanol–water partition coefficient (Wildman–Crippen LogP) is 2.25. The van der Waals surface area contributed by atoms with Crippen LogP contribution in [0.25, 0.3) is 0 Å². The number of hydrogen-bond acceptors (Lipinski definition) is 9. The molecule has 0 saturated carbocycles. The molecule has 10 heteroatoms. The number of carbonyl (C=O) groups excluding carboxylic acids is 1. The number of hydrogen-bond donors (Lipinski definition) is 7. The molecule has 1 amide bonds. The highest BCUT2D eigenvalue weighted by Gasteiger charge is 2.36. The van der Waals surface area contributed by atoms with Crippen LogP contribution >= 0.6 is 11.8 Å². The highest BCUT2D eigenvalue weighted by Crippen LogP contribution is 2.42. The summed E-state index contributed by atoms with van der Waals surface area (Å²) in [4.78, 5) is 16.0. The molecule has 1 aliphatic rings. The first-order valence-electron chi connectivity index (χ1n) is 13.5. The van der Waals surface area contributed by atoms with Crippen LogP contribution < -0.4 is 15.5 Å². The number of anilines is 2. The molecule has 0 spiro atoms. The van der Waals surface area contributed by atoms with E-state index in [0.717, 1.165) is 48.3 Å². The van der Waals surface area contributed by atoms with Crippen molar-refractivity contribution in [3.63, 3.8) is 0 Å². The van der Waals surface area contributed by atoms with E-state index in [9.17, 15) is 25.2 Å². The van der Waals surface area contributed by atoms with Gasteiger partial charge in [-0.3, -0.25) is 10.1 Å². The summed E-state index contributed by atoms with van der Waals surface area (Å²) in [5, 5.41) is 55.4. The third-order valence-electron chi connectivity index (χ3n) is 7.47. The monoisotopic (exact) mass is 561 g/mol. The number of benzene rings is 2. The summed E-state index contributed by atoms with van der Waals surface area (Å²) in [6.07, 6.45) is -3.34. The van der Waals surface area contributed by atoms with Crippen LogP contribution in [0.2, 0.25) is 0 Å². The van der Waals surface area contributed by atoms with Gasteiger partial charge in [0.15, 0.2) is 6.10 Å². The Hall–Kier alpha value is -2.18. The lowest BCUT2D eigenvalue weighted by molar-refractivity contribution is -0.144. The molecule has 0 radical (unpaired) electrons. The number of amides is 1. The number of nitrogens with one attached hydrogen (secondary N) is 2. The van der Waals surface area contributed by atoms with Crippen molar-refractivity contribution in [1.82, 2.24) is 5.32 Å². The van der Waals surface area contributed by atoms with Gasteiger partial charge >= 0.3 is 0 Å². The number of aliphatic hydroxyl groups excluding tert-OH is 5. The second-order valence-corrected chi connectivity index (χ2v) is 11.5. The summed E-state index contributed by atoms with van der Waals surface area (Å²) in [6, 6.07) is 13.7. The van der Waals surface area contributed by atoms with Gasteiger partial charge in [0, 0.05) is 41.7 Å². The number of fused-ring (bicyclic) bond motifs is 1. The zero-order valence-corrected chi connectivity index (χ0v) is 24.0. The average molecular weight is 562 g/mol. The number of unbranched alkanes of at least 4 members (excludes halogenated alkanes) is 1. The number of rotatable bonds is 12. The van der Waals surface area contributed by atoms with Gasteiger partial charge in [-0.15, -0.1) is 11.8 Å². The molecule has 7 N–H and O–H groups in total. The van der Waals surface area contributed by atoms with Gasteiger partial charge in [-0.05, 0) is 54.3 Å². The van der Waals surface area contributed by atoms with Crippen molar-refractivity contribution in [3.05, 3.63) is 53.6 Å². The van der Waals surface area contributed by atoms with Crippen molar-refractivity contribution in [2.24, 2.45) is 0 Å². The predicted molar refractivity (Wildman–Crippen MR) is 155 cm³/mol. The maximum Gasteiger partial charge on any atom is 0.256 e. The van der Waals surface area contributed by atoms with E-state index < -0.39 is 36.9 Å². The second kappa shape index (κ2) is 13.9. The Kier molecular flexibility index (Phi) is 11.2. The van der Waals surface area contributed by atoms with Crippen LogP contribution in [-0.4, -0.2) is 87.8 Å². The summed E-state index contributed by atoms with van der Waals surface area (Å²) < 4.78 is 0. The fraction of sp³-hybridized carbons (Fsp3) is 0.552. The Morgan fingerprint density at radius 2 is 1.87 bits per heavy atom. The second-order valence-electron chi connectivity index (χ2n) is 10.5. The van der Waals surface area contributed by atoms with Crippen molar-refractivity contribution >= 4 is 29.0 Å². The molecule has 0 aliphatic carbocycles. The molecular formula is C29H43N3O6S. The molecule has 216 valence electrons. The van der Waals surface area contributed by atoms with Gasteiger partial charge in [0.25, 0.3) is 5.91 Å². The Morgan fingerprint density at radius 1 is 1.13 bits per heavy atom. The fourth-order valence-corrected chi connectivity index (χ4v) is 6.18. The highest BCUT2D eigenvalue weighted by atomic mass is 32.2. The van der Waals surface area contributed by atoms with Crippen molar-refractivity contribution in [3.8, 4) is 0 Å². The van der Waals surface area contributed by atoms with Crippen molar-refractivity contribution in [1.29, 1.82) is 0 Å². The minimum absolute atomic E-state index is 0.0775. The van der Waals surface area contributed by atoms with Crippen LogP contribution in [0.5, 0.6) is 0 Å². The molecule has 2 aromatic rings. The number of aliphatic hydroxyl groups is 5.